The highest BCUT2D eigenvalue weighted by atomic mass is 16.3. The fourth-order valence-electron chi connectivity index (χ4n) is 3.44. The van der Waals surface area contributed by atoms with Crippen molar-refractivity contribution in [3.05, 3.63) is 48.6 Å². The van der Waals surface area contributed by atoms with Crippen LogP contribution < -0.4 is 0 Å². The second-order valence-corrected chi connectivity index (χ2v) is 7.41. The fourth-order valence-corrected chi connectivity index (χ4v) is 3.44. The van der Waals surface area contributed by atoms with E-state index in [1.165, 1.54) is 11.1 Å². The van der Waals surface area contributed by atoms with Crippen LogP contribution in [0.3, 0.4) is 0 Å². The Morgan fingerprint density at radius 2 is 1.95 bits per heavy atom. The third-order valence-corrected chi connectivity index (χ3v) is 5.10. The molecule has 0 spiro atoms. The molecule has 1 heteroatoms. The lowest BCUT2D eigenvalue weighted by Gasteiger charge is -2.46. The number of hydrogen-bond donors (Lipinski definition) is 1. The van der Waals surface area contributed by atoms with E-state index in [0.29, 0.717) is 5.92 Å². The maximum Gasteiger partial charge on any atom is 0.0830 e. The molecule has 1 fully saturated rings. The molecule has 0 bridgehead atoms. The fraction of sp³-hybridized carbons (Fsp3) is 0.600. The van der Waals surface area contributed by atoms with E-state index in [1.807, 2.05) is 25.2 Å². The molecular weight excluding hydrogens is 256 g/mol. The van der Waals surface area contributed by atoms with Crippen LogP contribution in [0.4, 0.5) is 0 Å². The predicted octanol–water partition coefficient (Wildman–Crippen LogP) is 5.44. The summed E-state index contributed by atoms with van der Waals surface area (Å²) in [6.45, 7) is 18.6. The molecule has 0 radical (unpaired) electrons. The summed E-state index contributed by atoms with van der Waals surface area (Å²) in [4.78, 5) is 0. The molecule has 0 unspecified atom stereocenters. The number of rotatable bonds is 5. The highest BCUT2D eigenvalue weighted by molar-refractivity contribution is 5.17. The van der Waals surface area contributed by atoms with Gasteiger partial charge in [0, 0.05) is 0 Å². The molecule has 1 N–H and O–H groups in total. The van der Waals surface area contributed by atoms with Gasteiger partial charge in [-0.1, -0.05) is 49.0 Å². The zero-order valence-corrected chi connectivity index (χ0v) is 14.4. The third-order valence-electron chi connectivity index (χ3n) is 5.10. The van der Waals surface area contributed by atoms with Crippen molar-refractivity contribution in [1.29, 1.82) is 0 Å². The minimum absolute atomic E-state index is 0.113. The molecule has 0 amide bonds. The molecule has 1 saturated carbocycles. The monoisotopic (exact) mass is 288 g/mol. The predicted molar refractivity (Wildman–Crippen MR) is 93.1 cm³/mol. The summed E-state index contributed by atoms with van der Waals surface area (Å²) < 4.78 is 0. The smallest absolute Gasteiger partial charge is 0.0830 e. The summed E-state index contributed by atoms with van der Waals surface area (Å²) in [5, 5.41) is 10.8. The van der Waals surface area contributed by atoms with E-state index >= 15 is 0 Å². The van der Waals surface area contributed by atoms with Gasteiger partial charge in [0.15, 0.2) is 0 Å². The van der Waals surface area contributed by atoms with E-state index in [2.05, 4.69) is 46.9 Å². The second kappa shape index (κ2) is 6.79. The van der Waals surface area contributed by atoms with Gasteiger partial charge < -0.3 is 5.11 Å². The molecule has 118 valence electrons. The third kappa shape index (κ3) is 4.44. The Morgan fingerprint density at radius 1 is 1.33 bits per heavy atom. The molecule has 0 aromatic carbocycles. The zero-order valence-electron chi connectivity index (χ0n) is 14.4. The number of allylic oxidation sites excluding steroid dienone is 5. The zero-order chi connectivity index (χ0) is 16.3. The first kappa shape index (κ1) is 18.0. The maximum atomic E-state index is 10.8. The molecule has 1 aliphatic rings. The molecular formula is C20H32O. The summed E-state index contributed by atoms with van der Waals surface area (Å²) in [7, 11) is 0. The first-order valence-corrected chi connectivity index (χ1v) is 7.96. The molecule has 4 atom stereocenters. The first-order chi connectivity index (χ1) is 9.62. The Kier molecular flexibility index (Phi) is 5.81. The molecule has 1 rings (SSSR count). The van der Waals surface area contributed by atoms with Gasteiger partial charge in [0.2, 0.25) is 0 Å². The molecule has 0 aromatic rings. The van der Waals surface area contributed by atoms with Crippen molar-refractivity contribution < 1.29 is 5.11 Å². The summed E-state index contributed by atoms with van der Waals surface area (Å²) in [6, 6.07) is 0. The molecule has 1 nitrogen and oxygen atoms in total. The summed E-state index contributed by atoms with van der Waals surface area (Å²) in [5.74, 6) is 0.672. The van der Waals surface area contributed by atoms with Crippen molar-refractivity contribution in [2.45, 2.75) is 59.5 Å². The lowest BCUT2D eigenvalue weighted by atomic mass is 9.59. The van der Waals surface area contributed by atoms with Gasteiger partial charge in [-0.2, -0.15) is 0 Å². The Bertz CT molecular complexity index is 448. The van der Waals surface area contributed by atoms with Gasteiger partial charge in [0.05, 0.1) is 5.60 Å². The molecule has 0 heterocycles. The van der Waals surface area contributed by atoms with Crippen LogP contribution in [-0.4, -0.2) is 10.7 Å². The maximum absolute atomic E-state index is 10.8. The Balaban J connectivity index is 2.91. The second-order valence-electron chi connectivity index (χ2n) is 7.41. The van der Waals surface area contributed by atoms with Crippen molar-refractivity contribution in [1.82, 2.24) is 0 Å². The molecule has 0 aromatic heterocycles. The van der Waals surface area contributed by atoms with E-state index in [-0.39, 0.29) is 11.3 Å². The Labute approximate surface area is 131 Å². The normalized spacial score (nSPS) is 32.5. The van der Waals surface area contributed by atoms with Crippen molar-refractivity contribution in [2.75, 3.05) is 0 Å². The van der Waals surface area contributed by atoms with Gasteiger partial charge in [-0.05, 0) is 64.2 Å². The van der Waals surface area contributed by atoms with Crippen LogP contribution in [-0.2, 0) is 0 Å². The van der Waals surface area contributed by atoms with Crippen molar-refractivity contribution in [2.24, 2.45) is 17.3 Å². The van der Waals surface area contributed by atoms with Crippen LogP contribution in [0.15, 0.2) is 48.6 Å². The average molecular weight is 288 g/mol. The highest BCUT2D eigenvalue weighted by Gasteiger charge is 2.42. The van der Waals surface area contributed by atoms with Gasteiger partial charge in [-0.25, -0.2) is 0 Å². The minimum atomic E-state index is -0.762. The number of aliphatic hydroxyl groups is 1. The van der Waals surface area contributed by atoms with E-state index in [0.717, 1.165) is 19.3 Å². The molecule has 21 heavy (non-hydrogen) atoms. The molecule has 0 aliphatic heterocycles. The van der Waals surface area contributed by atoms with Gasteiger partial charge in [-0.15, -0.1) is 6.58 Å². The lowest BCUT2D eigenvalue weighted by Crippen LogP contribution is -2.42. The quantitative estimate of drug-likeness (QED) is 0.527. The summed E-state index contributed by atoms with van der Waals surface area (Å²) >= 11 is 0. The first-order valence-electron chi connectivity index (χ1n) is 7.96. The minimum Gasteiger partial charge on any atom is -0.386 e. The Morgan fingerprint density at radius 3 is 2.43 bits per heavy atom. The van der Waals surface area contributed by atoms with E-state index in [9.17, 15) is 5.11 Å². The summed E-state index contributed by atoms with van der Waals surface area (Å²) in [5.41, 5.74) is 1.79. The van der Waals surface area contributed by atoms with Crippen molar-refractivity contribution in [3.8, 4) is 0 Å². The van der Waals surface area contributed by atoms with Gasteiger partial charge >= 0.3 is 0 Å². The Hall–Kier alpha value is -1.08. The molecule has 0 saturated heterocycles. The van der Waals surface area contributed by atoms with Gasteiger partial charge in [0.25, 0.3) is 0 Å². The number of hydrogen-bond acceptors (Lipinski definition) is 1. The summed E-state index contributed by atoms with van der Waals surface area (Å²) in [6.07, 6.45) is 11.1. The van der Waals surface area contributed by atoms with Crippen LogP contribution in [0, 0.1) is 17.3 Å². The standard InChI is InChI=1S/C20H32O/c1-8-19(6)13-11-17(14-18(19)16(4)5)20(7,21)12-9-10-15(2)3/h8-10,12,17-18,21H,1,4,11,13-14H2,2-3,5-7H3/b12-9+/t17-,18+,19-,20-/m1/s1. The van der Waals surface area contributed by atoms with Crippen LogP contribution in [0.25, 0.3) is 0 Å². The van der Waals surface area contributed by atoms with Crippen LogP contribution in [0.5, 0.6) is 0 Å². The van der Waals surface area contributed by atoms with Crippen LogP contribution in [0.1, 0.15) is 53.9 Å². The lowest BCUT2D eigenvalue weighted by molar-refractivity contribution is -0.00222. The van der Waals surface area contributed by atoms with Gasteiger partial charge in [-0.3, -0.25) is 0 Å². The SMILES string of the molecule is C=C[C@]1(C)CC[C@@H]([C@](C)(O)/C=C/C=C(C)C)C[C@H]1C(=C)C. The van der Waals surface area contributed by atoms with E-state index in [4.69, 9.17) is 0 Å². The molecule has 1 aliphatic carbocycles. The van der Waals surface area contributed by atoms with Crippen LogP contribution in [0.2, 0.25) is 0 Å². The van der Waals surface area contributed by atoms with Crippen molar-refractivity contribution >= 4 is 0 Å². The topological polar surface area (TPSA) is 20.2 Å². The van der Waals surface area contributed by atoms with Gasteiger partial charge in [0.1, 0.15) is 0 Å². The van der Waals surface area contributed by atoms with E-state index in [1.54, 1.807) is 0 Å². The highest BCUT2D eigenvalue weighted by Crippen LogP contribution is 2.49. The van der Waals surface area contributed by atoms with E-state index < -0.39 is 5.60 Å². The van der Waals surface area contributed by atoms with Crippen molar-refractivity contribution in [3.63, 3.8) is 0 Å². The average Bonchev–Trinajstić information content (AvgIpc) is 2.37. The largest absolute Gasteiger partial charge is 0.386 e. The van der Waals surface area contributed by atoms with Crippen LogP contribution >= 0.6 is 0 Å².